The highest BCUT2D eigenvalue weighted by molar-refractivity contribution is 6.10. The number of nitrogens with two attached hydrogens (primary N) is 1. The minimum absolute atomic E-state index is 0.165. The summed E-state index contributed by atoms with van der Waals surface area (Å²) in [7, 11) is 0. The first-order valence-corrected chi connectivity index (χ1v) is 11.4. The van der Waals surface area contributed by atoms with E-state index in [9.17, 15) is 9.18 Å². The van der Waals surface area contributed by atoms with Crippen molar-refractivity contribution in [2.75, 3.05) is 13.1 Å². The van der Waals surface area contributed by atoms with Gasteiger partial charge in [0.05, 0.1) is 0 Å². The molecule has 0 radical (unpaired) electrons. The minimum atomic E-state index is -0.306. The molecule has 1 heterocycles. The summed E-state index contributed by atoms with van der Waals surface area (Å²) in [6.07, 6.45) is 1.90. The van der Waals surface area contributed by atoms with Gasteiger partial charge in [-0.2, -0.15) is 0 Å². The summed E-state index contributed by atoms with van der Waals surface area (Å²) in [5.41, 5.74) is 11.9. The first-order valence-electron chi connectivity index (χ1n) is 11.4. The Hall–Kier alpha value is -3.44. The van der Waals surface area contributed by atoms with Gasteiger partial charge in [0, 0.05) is 23.0 Å². The van der Waals surface area contributed by atoms with Crippen LogP contribution in [0.25, 0.3) is 33.2 Å². The molecule has 4 rings (SSSR count). The van der Waals surface area contributed by atoms with Crippen LogP contribution < -0.4 is 11.1 Å². The zero-order valence-corrected chi connectivity index (χ0v) is 19.1. The molecular weight excluding hydrogens is 413 g/mol. The van der Waals surface area contributed by atoms with E-state index >= 15 is 0 Å². The lowest BCUT2D eigenvalue weighted by Gasteiger charge is -2.12. The first-order chi connectivity index (χ1) is 16.0. The molecule has 5 heteroatoms. The van der Waals surface area contributed by atoms with Crippen molar-refractivity contribution >= 4 is 16.8 Å². The summed E-state index contributed by atoms with van der Waals surface area (Å²) in [6, 6.07) is 20.8. The molecule has 1 atom stereocenters. The van der Waals surface area contributed by atoms with Crippen molar-refractivity contribution < 1.29 is 9.18 Å². The van der Waals surface area contributed by atoms with Crippen LogP contribution in [-0.2, 0) is 0 Å². The zero-order valence-electron chi connectivity index (χ0n) is 19.1. The van der Waals surface area contributed by atoms with Gasteiger partial charge in [0.1, 0.15) is 11.5 Å². The Morgan fingerprint density at radius 2 is 1.67 bits per heavy atom. The maximum Gasteiger partial charge on any atom is 0.268 e. The smallest absolute Gasteiger partial charge is 0.268 e. The lowest BCUT2D eigenvalue weighted by molar-refractivity contribution is 0.0944. The largest absolute Gasteiger partial charge is 0.350 e. The van der Waals surface area contributed by atoms with Crippen LogP contribution in [-0.4, -0.2) is 24.0 Å². The highest BCUT2D eigenvalue weighted by atomic mass is 19.1. The molecule has 0 aliphatic carbocycles. The molecule has 170 valence electrons. The zero-order chi connectivity index (χ0) is 23.4. The van der Waals surface area contributed by atoms with E-state index in [1.165, 1.54) is 17.7 Å². The van der Waals surface area contributed by atoms with Crippen molar-refractivity contribution in [1.29, 1.82) is 0 Å². The number of aryl methyl sites for hydroxylation is 1. The second-order valence-electron chi connectivity index (χ2n) is 8.75. The van der Waals surface area contributed by atoms with Crippen LogP contribution in [0.1, 0.15) is 35.8 Å². The van der Waals surface area contributed by atoms with E-state index in [0.29, 0.717) is 24.7 Å². The number of rotatable bonds is 8. The Labute approximate surface area is 194 Å². The number of hydrogen-bond acceptors (Lipinski definition) is 2. The van der Waals surface area contributed by atoms with Crippen molar-refractivity contribution in [1.82, 2.24) is 10.3 Å². The fourth-order valence-corrected chi connectivity index (χ4v) is 4.13. The topological polar surface area (TPSA) is 70.9 Å². The molecule has 0 spiro atoms. The minimum Gasteiger partial charge on any atom is -0.350 e. The molecule has 0 saturated heterocycles. The van der Waals surface area contributed by atoms with Gasteiger partial charge in [-0.15, -0.1) is 0 Å². The molecule has 4 N–H and O–H groups in total. The Morgan fingerprint density at radius 1 is 1.00 bits per heavy atom. The first kappa shape index (κ1) is 22.7. The molecule has 0 unspecified atom stereocenters. The van der Waals surface area contributed by atoms with E-state index in [1.54, 1.807) is 12.1 Å². The number of halogens is 1. The SMILES string of the molecule is Cc1ccc(-c2ccc3c(-c4ccc(F)cc4)c(C(=O)NC[C@H](C)CCCN)[nH]c3c2)cc1. The second-order valence-corrected chi connectivity index (χ2v) is 8.75. The van der Waals surface area contributed by atoms with Crippen LogP contribution in [0.2, 0.25) is 0 Å². The standard InChI is InChI=1S/C28H30FN3O/c1-18-5-7-20(8-6-18)22-11-14-24-25(16-22)32-27(26(24)21-9-12-23(29)13-10-21)28(33)31-17-19(2)4-3-15-30/h5-14,16,19,32H,3-4,15,17,30H2,1-2H3,(H,31,33)/t19-/m1/s1. The fourth-order valence-electron chi connectivity index (χ4n) is 4.13. The monoisotopic (exact) mass is 443 g/mol. The number of hydrogen-bond donors (Lipinski definition) is 3. The Balaban J connectivity index is 1.73. The molecule has 0 saturated carbocycles. The summed E-state index contributed by atoms with van der Waals surface area (Å²) in [5, 5.41) is 3.99. The van der Waals surface area contributed by atoms with Gasteiger partial charge in [-0.05, 0) is 67.1 Å². The fraction of sp³-hybridized carbons (Fsp3) is 0.250. The molecule has 4 nitrogen and oxygen atoms in total. The molecule has 0 fully saturated rings. The van der Waals surface area contributed by atoms with Crippen molar-refractivity contribution in [3.05, 3.63) is 83.8 Å². The van der Waals surface area contributed by atoms with Gasteiger partial charge in [0.25, 0.3) is 5.91 Å². The highest BCUT2D eigenvalue weighted by Crippen LogP contribution is 2.35. The number of benzene rings is 3. The van der Waals surface area contributed by atoms with Crippen molar-refractivity contribution in [2.24, 2.45) is 11.7 Å². The van der Waals surface area contributed by atoms with E-state index in [1.807, 2.05) is 6.07 Å². The predicted octanol–water partition coefficient (Wildman–Crippen LogP) is 6.05. The van der Waals surface area contributed by atoms with Crippen molar-refractivity contribution in [2.45, 2.75) is 26.7 Å². The molecule has 0 aliphatic heterocycles. The average molecular weight is 444 g/mol. The number of H-pyrrole nitrogens is 1. The Morgan fingerprint density at radius 3 is 2.36 bits per heavy atom. The van der Waals surface area contributed by atoms with E-state index in [0.717, 1.165) is 46.0 Å². The number of aromatic nitrogens is 1. The Kier molecular flexibility index (Phi) is 6.90. The molecule has 0 bridgehead atoms. The molecule has 1 aromatic heterocycles. The molecule has 4 aromatic rings. The van der Waals surface area contributed by atoms with Gasteiger partial charge < -0.3 is 16.0 Å². The lowest BCUT2D eigenvalue weighted by Crippen LogP contribution is -2.29. The summed E-state index contributed by atoms with van der Waals surface area (Å²) in [5.74, 6) is -0.133. The lowest BCUT2D eigenvalue weighted by atomic mass is 9.98. The van der Waals surface area contributed by atoms with Crippen molar-refractivity contribution in [3.63, 3.8) is 0 Å². The average Bonchev–Trinajstić information content (AvgIpc) is 3.21. The third kappa shape index (κ3) is 5.15. The summed E-state index contributed by atoms with van der Waals surface area (Å²) >= 11 is 0. The molecule has 0 aliphatic rings. The van der Waals surface area contributed by atoms with E-state index < -0.39 is 0 Å². The van der Waals surface area contributed by atoms with E-state index in [-0.39, 0.29) is 11.7 Å². The van der Waals surface area contributed by atoms with Crippen LogP contribution >= 0.6 is 0 Å². The van der Waals surface area contributed by atoms with Gasteiger partial charge in [0.15, 0.2) is 0 Å². The normalized spacial score (nSPS) is 12.1. The predicted molar refractivity (Wildman–Crippen MR) is 134 cm³/mol. The quantitative estimate of drug-likeness (QED) is 0.310. The van der Waals surface area contributed by atoms with E-state index in [2.05, 4.69) is 60.5 Å². The second kappa shape index (κ2) is 10.0. The van der Waals surface area contributed by atoms with Crippen molar-refractivity contribution in [3.8, 4) is 22.3 Å². The van der Waals surface area contributed by atoms with Gasteiger partial charge in [-0.25, -0.2) is 4.39 Å². The van der Waals surface area contributed by atoms with E-state index in [4.69, 9.17) is 5.73 Å². The van der Waals surface area contributed by atoms with Crippen LogP contribution in [0.3, 0.4) is 0 Å². The number of aromatic amines is 1. The molecular formula is C28H30FN3O. The van der Waals surface area contributed by atoms with Gasteiger partial charge >= 0.3 is 0 Å². The summed E-state index contributed by atoms with van der Waals surface area (Å²) in [6.45, 7) is 5.40. The van der Waals surface area contributed by atoms with Gasteiger partial charge in [0.2, 0.25) is 0 Å². The van der Waals surface area contributed by atoms with Crippen LogP contribution in [0.5, 0.6) is 0 Å². The third-order valence-corrected chi connectivity index (χ3v) is 6.06. The highest BCUT2D eigenvalue weighted by Gasteiger charge is 2.20. The Bertz CT molecular complexity index is 1240. The number of carbonyl (C=O) groups is 1. The summed E-state index contributed by atoms with van der Waals surface area (Å²) in [4.78, 5) is 16.5. The molecule has 3 aromatic carbocycles. The number of fused-ring (bicyclic) bond motifs is 1. The number of nitrogens with one attached hydrogen (secondary N) is 2. The maximum atomic E-state index is 13.6. The summed E-state index contributed by atoms with van der Waals surface area (Å²) < 4.78 is 13.6. The van der Waals surface area contributed by atoms with Crippen LogP contribution in [0.4, 0.5) is 4.39 Å². The van der Waals surface area contributed by atoms with Gasteiger partial charge in [-0.3, -0.25) is 4.79 Å². The van der Waals surface area contributed by atoms with Crippen LogP contribution in [0, 0.1) is 18.7 Å². The molecule has 1 amide bonds. The third-order valence-electron chi connectivity index (χ3n) is 6.06. The molecule has 33 heavy (non-hydrogen) atoms. The van der Waals surface area contributed by atoms with Gasteiger partial charge in [-0.1, -0.05) is 61.0 Å². The van der Waals surface area contributed by atoms with Crippen LogP contribution in [0.15, 0.2) is 66.7 Å². The number of carbonyl (C=O) groups excluding carboxylic acids is 1. The number of amides is 1. The maximum absolute atomic E-state index is 13.6.